The largest absolute Gasteiger partial charge is 0.368 e. The van der Waals surface area contributed by atoms with Crippen molar-refractivity contribution >= 4 is 17.3 Å². The van der Waals surface area contributed by atoms with Gasteiger partial charge < -0.3 is 9.80 Å². The summed E-state index contributed by atoms with van der Waals surface area (Å²) < 4.78 is 1.87. The summed E-state index contributed by atoms with van der Waals surface area (Å²) >= 11 is 0. The second kappa shape index (κ2) is 6.02. The van der Waals surface area contributed by atoms with Crippen LogP contribution >= 0.6 is 0 Å². The van der Waals surface area contributed by atoms with Crippen LogP contribution in [0.15, 0.2) is 24.5 Å². The number of hydrogen-bond acceptors (Lipinski definition) is 5. The summed E-state index contributed by atoms with van der Waals surface area (Å²) in [4.78, 5) is 13.7. The minimum absolute atomic E-state index is 0.676. The molecule has 4 rings (SSSR count). The number of piperazine rings is 1. The molecule has 1 fully saturated rings. The van der Waals surface area contributed by atoms with Gasteiger partial charge in [0.2, 0.25) is 0 Å². The maximum Gasteiger partial charge on any atom is 0.254 e. The number of nitrogens with zero attached hydrogens (tertiary/aromatic N) is 6. The van der Waals surface area contributed by atoms with E-state index in [1.165, 1.54) is 22.4 Å². The minimum atomic E-state index is 0.676. The standard InChI is InChI=1S/C19H24N6/c1-13-5-6-17(14(2)11-13)23-7-9-24(10-8-23)18-15(3)16(4)22-19-20-12-21-25(18)19/h5-6,11-12H,7-10H2,1-4H3. The lowest BCUT2D eigenvalue weighted by molar-refractivity contribution is 0.635. The van der Waals surface area contributed by atoms with Gasteiger partial charge in [0.05, 0.1) is 0 Å². The van der Waals surface area contributed by atoms with Crippen LogP contribution in [0.1, 0.15) is 22.4 Å². The van der Waals surface area contributed by atoms with Crippen LogP contribution in [0.5, 0.6) is 0 Å². The highest BCUT2D eigenvalue weighted by Gasteiger charge is 2.23. The number of rotatable bonds is 2. The molecule has 0 N–H and O–H groups in total. The van der Waals surface area contributed by atoms with Gasteiger partial charge in [-0.2, -0.15) is 14.6 Å². The highest BCUT2D eigenvalue weighted by atomic mass is 15.4. The lowest BCUT2D eigenvalue weighted by Gasteiger charge is -2.38. The van der Waals surface area contributed by atoms with Gasteiger partial charge in [-0.1, -0.05) is 17.7 Å². The lowest BCUT2D eigenvalue weighted by atomic mass is 10.1. The fourth-order valence-electron chi connectivity index (χ4n) is 3.71. The van der Waals surface area contributed by atoms with Crippen molar-refractivity contribution in [1.29, 1.82) is 0 Å². The van der Waals surface area contributed by atoms with E-state index in [0.717, 1.165) is 37.7 Å². The van der Waals surface area contributed by atoms with E-state index >= 15 is 0 Å². The topological polar surface area (TPSA) is 49.6 Å². The van der Waals surface area contributed by atoms with Gasteiger partial charge in [-0.05, 0) is 39.3 Å². The molecule has 3 aromatic rings. The Morgan fingerprint density at radius 2 is 1.64 bits per heavy atom. The third kappa shape index (κ3) is 2.71. The summed E-state index contributed by atoms with van der Waals surface area (Å²) in [5.41, 5.74) is 6.21. The van der Waals surface area contributed by atoms with Crippen LogP contribution in [0.4, 0.5) is 11.5 Å². The third-order valence-corrected chi connectivity index (χ3v) is 5.15. The fourth-order valence-corrected chi connectivity index (χ4v) is 3.71. The number of benzene rings is 1. The Bertz CT molecular complexity index is 921. The van der Waals surface area contributed by atoms with Crippen LogP contribution in [0.25, 0.3) is 5.78 Å². The third-order valence-electron chi connectivity index (χ3n) is 5.15. The molecule has 2 aromatic heterocycles. The SMILES string of the molecule is Cc1ccc(N2CCN(c3c(C)c(C)nc4ncnn34)CC2)c(C)c1. The van der Waals surface area contributed by atoms with Crippen LogP contribution in [0.2, 0.25) is 0 Å². The number of fused-ring (bicyclic) bond motifs is 1. The fraction of sp³-hybridized carbons (Fsp3) is 0.421. The number of hydrogen-bond donors (Lipinski definition) is 0. The highest BCUT2D eigenvalue weighted by molar-refractivity contribution is 5.58. The maximum atomic E-state index is 4.53. The molecule has 1 aliphatic heterocycles. The van der Waals surface area contributed by atoms with Crippen LogP contribution in [-0.2, 0) is 0 Å². The first-order chi connectivity index (χ1) is 12.0. The number of aromatic nitrogens is 4. The highest BCUT2D eigenvalue weighted by Crippen LogP contribution is 2.26. The second-order valence-corrected chi connectivity index (χ2v) is 6.88. The Labute approximate surface area is 148 Å². The lowest BCUT2D eigenvalue weighted by Crippen LogP contribution is -2.47. The smallest absolute Gasteiger partial charge is 0.254 e. The summed E-state index contributed by atoms with van der Waals surface area (Å²) in [5, 5.41) is 4.38. The average Bonchev–Trinajstić information content (AvgIpc) is 3.04. The van der Waals surface area contributed by atoms with Crippen molar-refractivity contribution in [1.82, 2.24) is 19.6 Å². The molecule has 0 atom stereocenters. The second-order valence-electron chi connectivity index (χ2n) is 6.88. The predicted octanol–water partition coefficient (Wildman–Crippen LogP) is 2.68. The number of anilines is 2. The first-order valence-corrected chi connectivity index (χ1v) is 8.78. The molecular weight excluding hydrogens is 312 g/mol. The van der Waals surface area contributed by atoms with Gasteiger partial charge in [0.25, 0.3) is 5.78 Å². The Balaban J connectivity index is 1.60. The Kier molecular flexibility index (Phi) is 3.82. The average molecular weight is 336 g/mol. The zero-order valence-electron chi connectivity index (χ0n) is 15.3. The van der Waals surface area contributed by atoms with Gasteiger partial charge in [-0.25, -0.2) is 4.98 Å². The Hall–Kier alpha value is -2.63. The van der Waals surface area contributed by atoms with Crippen LogP contribution in [0, 0.1) is 27.7 Å². The van der Waals surface area contributed by atoms with Gasteiger partial charge in [0, 0.05) is 43.1 Å². The normalized spacial score (nSPS) is 15.2. The molecule has 6 nitrogen and oxygen atoms in total. The molecule has 1 saturated heterocycles. The molecule has 0 unspecified atom stereocenters. The summed E-state index contributed by atoms with van der Waals surface area (Å²) in [6.45, 7) is 12.4. The van der Waals surface area contributed by atoms with E-state index in [2.05, 4.69) is 63.8 Å². The summed E-state index contributed by atoms with van der Waals surface area (Å²) in [7, 11) is 0. The Morgan fingerprint density at radius 3 is 2.36 bits per heavy atom. The molecule has 130 valence electrons. The van der Waals surface area contributed by atoms with E-state index in [9.17, 15) is 0 Å². The molecular formula is C19H24N6. The van der Waals surface area contributed by atoms with E-state index in [0.29, 0.717) is 5.78 Å². The van der Waals surface area contributed by atoms with E-state index in [1.807, 2.05) is 11.4 Å². The number of aryl methyl sites for hydroxylation is 3. The molecule has 0 spiro atoms. The molecule has 0 amide bonds. The first-order valence-electron chi connectivity index (χ1n) is 8.78. The van der Waals surface area contributed by atoms with Gasteiger partial charge in [-0.15, -0.1) is 0 Å². The molecule has 0 bridgehead atoms. The van der Waals surface area contributed by atoms with E-state index < -0.39 is 0 Å². The van der Waals surface area contributed by atoms with Crippen molar-refractivity contribution in [3.8, 4) is 0 Å². The van der Waals surface area contributed by atoms with Crippen molar-refractivity contribution in [3.63, 3.8) is 0 Å². The van der Waals surface area contributed by atoms with Gasteiger partial charge in [0.15, 0.2) is 0 Å². The molecule has 0 radical (unpaired) electrons. The molecule has 1 aromatic carbocycles. The first kappa shape index (κ1) is 15.9. The molecule has 25 heavy (non-hydrogen) atoms. The van der Waals surface area contributed by atoms with Crippen molar-refractivity contribution in [2.24, 2.45) is 0 Å². The minimum Gasteiger partial charge on any atom is -0.368 e. The van der Waals surface area contributed by atoms with Crippen LogP contribution < -0.4 is 9.80 Å². The predicted molar refractivity (Wildman–Crippen MR) is 101 cm³/mol. The molecule has 6 heteroatoms. The molecule has 0 aliphatic carbocycles. The van der Waals surface area contributed by atoms with Crippen molar-refractivity contribution in [2.45, 2.75) is 27.7 Å². The van der Waals surface area contributed by atoms with E-state index in [-0.39, 0.29) is 0 Å². The van der Waals surface area contributed by atoms with E-state index in [1.54, 1.807) is 6.33 Å². The zero-order valence-corrected chi connectivity index (χ0v) is 15.3. The van der Waals surface area contributed by atoms with Crippen LogP contribution in [0.3, 0.4) is 0 Å². The van der Waals surface area contributed by atoms with Crippen molar-refractivity contribution < 1.29 is 0 Å². The molecule has 1 aliphatic rings. The summed E-state index contributed by atoms with van der Waals surface area (Å²) in [5.74, 6) is 1.80. The molecule has 0 saturated carbocycles. The summed E-state index contributed by atoms with van der Waals surface area (Å²) in [6, 6.07) is 6.71. The Morgan fingerprint density at radius 1 is 0.920 bits per heavy atom. The van der Waals surface area contributed by atoms with Gasteiger partial charge in [-0.3, -0.25) is 0 Å². The maximum absolute atomic E-state index is 4.53. The van der Waals surface area contributed by atoms with Gasteiger partial charge >= 0.3 is 0 Å². The zero-order chi connectivity index (χ0) is 17.6. The van der Waals surface area contributed by atoms with E-state index in [4.69, 9.17) is 0 Å². The van der Waals surface area contributed by atoms with Crippen molar-refractivity contribution in [2.75, 3.05) is 36.0 Å². The quantitative estimate of drug-likeness (QED) is 0.720. The molecule has 3 heterocycles. The van der Waals surface area contributed by atoms with Gasteiger partial charge in [0.1, 0.15) is 12.1 Å². The monoisotopic (exact) mass is 336 g/mol. The summed E-state index contributed by atoms with van der Waals surface area (Å²) in [6.07, 6.45) is 1.58. The van der Waals surface area contributed by atoms with Crippen molar-refractivity contribution in [3.05, 3.63) is 46.9 Å². The van der Waals surface area contributed by atoms with Crippen LogP contribution in [-0.4, -0.2) is 45.8 Å².